The van der Waals surface area contributed by atoms with E-state index >= 15 is 0 Å². The van der Waals surface area contributed by atoms with Crippen LogP contribution in [-0.4, -0.2) is 79.2 Å². The van der Waals surface area contributed by atoms with Gasteiger partial charge in [-0.15, -0.1) is 0 Å². The molecule has 13 heteroatoms. The number of aromatic amines is 1. The van der Waals surface area contributed by atoms with Crippen LogP contribution in [0, 0.1) is 11.3 Å². The van der Waals surface area contributed by atoms with Gasteiger partial charge in [0.15, 0.2) is 5.82 Å². The summed E-state index contributed by atoms with van der Waals surface area (Å²) in [5.41, 5.74) is 0.0403. The number of rotatable bonds is 8. The third-order valence-corrected chi connectivity index (χ3v) is 8.50. The number of likely N-dealkylation sites (tertiary alicyclic amines) is 1. The summed E-state index contributed by atoms with van der Waals surface area (Å²) in [7, 11) is 0.808. The lowest BCUT2D eigenvalue weighted by molar-refractivity contribution is -0.137. The molecule has 196 valence electrons. The van der Waals surface area contributed by atoms with Gasteiger partial charge < -0.3 is 19.9 Å². The summed E-state index contributed by atoms with van der Waals surface area (Å²) < 4.78 is 32.6. The van der Waals surface area contributed by atoms with E-state index in [1.807, 2.05) is 0 Å². The highest BCUT2D eigenvalue weighted by Gasteiger charge is 2.40. The molecule has 3 aromatic rings. The Kier molecular flexibility index (Phi) is 7.35. The summed E-state index contributed by atoms with van der Waals surface area (Å²) in [6, 6.07) is 10.2. The second kappa shape index (κ2) is 10.3. The number of anilines is 2. The summed E-state index contributed by atoms with van der Waals surface area (Å²) in [5, 5.41) is 17.9. The van der Waals surface area contributed by atoms with Crippen molar-refractivity contribution in [1.29, 1.82) is 5.26 Å². The van der Waals surface area contributed by atoms with Crippen LogP contribution in [0.3, 0.4) is 0 Å². The minimum Gasteiger partial charge on any atom is -0.375 e. The van der Waals surface area contributed by atoms with Crippen LogP contribution in [0.5, 0.6) is 0 Å². The molecule has 4 rings (SSSR count). The van der Waals surface area contributed by atoms with Gasteiger partial charge >= 0.3 is 0 Å². The summed E-state index contributed by atoms with van der Waals surface area (Å²) in [6.45, 7) is 0.853. The van der Waals surface area contributed by atoms with E-state index in [0.29, 0.717) is 42.5 Å². The molecule has 0 saturated carbocycles. The monoisotopic (exact) mass is 527 g/mol. The molecular weight excluding hydrogens is 498 g/mol. The second-order valence-corrected chi connectivity index (χ2v) is 11.3. The number of hydrogen-bond donors (Lipinski definition) is 2. The Labute approximate surface area is 214 Å². The Morgan fingerprint density at radius 3 is 2.51 bits per heavy atom. The molecule has 1 saturated heterocycles. The molecule has 1 fully saturated rings. The molecular formula is C24H29N7O5S. The fraction of sp³-hybridized carbons (Fsp3) is 0.417. The van der Waals surface area contributed by atoms with Gasteiger partial charge in [0.2, 0.25) is 15.9 Å². The highest BCUT2D eigenvalue weighted by molar-refractivity contribution is 7.89. The highest BCUT2D eigenvalue weighted by Crippen LogP contribution is 2.37. The number of nitriles is 1. The number of piperidine rings is 1. The van der Waals surface area contributed by atoms with Crippen molar-refractivity contribution in [2.45, 2.75) is 29.7 Å². The third-order valence-electron chi connectivity index (χ3n) is 6.67. The lowest BCUT2D eigenvalue weighted by Gasteiger charge is -2.41. The molecule has 0 bridgehead atoms. The van der Waals surface area contributed by atoms with E-state index in [0.717, 1.165) is 4.31 Å². The van der Waals surface area contributed by atoms with Crippen molar-refractivity contribution in [3.8, 4) is 6.07 Å². The zero-order chi connectivity index (χ0) is 26.8. The second-order valence-electron chi connectivity index (χ2n) is 9.14. The number of amides is 1. The third kappa shape index (κ3) is 4.95. The van der Waals surface area contributed by atoms with Crippen LogP contribution in [0.15, 0.2) is 46.2 Å². The fourth-order valence-corrected chi connectivity index (χ4v) is 5.48. The standard InChI is InChI=1S/C24H29N7O5S/c1-29(2)37(34,35)18-6-4-17(5-7-18)27-22-21-19(8-13-26-23(21)33)31(28-22)24(9-12-25)10-14-30(15-11-24)20(32)16-36-3/h4-8,13H,9-11,14-16H2,1-3H3,(H,26,33)(H,27,28). The van der Waals surface area contributed by atoms with Crippen LogP contribution in [0.4, 0.5) is 11.5 Å². The topological polar surface area (TPSA) is 153 Å². The number of carbonyl (C=O) groups excluding carboxylic acids is 1. The molecule has 12 nitrogen and oxygen atoms in total. The van der Waals surface area contributed by atoms with Crippen molar-refractivity contribution in [1.82, 2.24) is 24.0 Å². The molecule has 3 heterocycles. The van der Waals surface area contributed by atoms with E-state index in [4.69, 9.17) is 9.84 Å². The van der Waals surface area contributed by atoms with Crippen LogP contribution < -0.4 is 10.9 Å². The number of aromatic nitrogens is 3. The zero-order valence-electron chi connectivity index (χ0n) is 20.9. The number of fused-ring (bicyclic) bond motifs is 1. The van der Waals surface area contributed by atoms with E-state index in [1.54, 1.807) is 27.8 Å². The van der Waals surface area contributed by atoms with Gasteiger partial charge in [-0.05, 0) is 43.2 Å². The summed E-state index contributed by atoms with van der Waals surface area (Å²) >= 11 is 0. The molecule has 2 aromatic heterocycles. The van der Waals surface area contributed by atoms with E-state index in [9.17, 15) is 23.3 Å². The van der Waals surface area contributed by atoms with E-state index in [2.05, 4.69) is 16.4 Å². The molecule has 1 aromatic carbocycles. The van der Waals surface area contributed by atoms with Crippen molar-refractivity contribution < 1.29 is 17.9 Å². The van der Waals surface area contributed by atoms with Crippen molar-refractivity contribution in [2.24, 2.45) is 0 Å². The van der Waals surface area contributed by atoms with E-state index < -0.39 is 15.6 Å². The van der Waals surface area contributed by atoms with Gasteiger partial charge in [0.1, 0.15) is 12.0 Å². The predicted octanol–water partition coefficient (Wildman–Crippen LogP) is 1.60. The normalized spacial score (nSPS) is 15.6. The molecule has 0 radical (unpaired) electrons. The molecule has 0 spiro atoms. The van der Waals surface area contributed by atoms with Crippen LogP contribution in [0.1, 0.15) is 19.3 Å². The molecule has 2 N–H and O–H groups in total. The Balaban J connectivity index is 1.71. The molecule has 1 aliphatic heterocycles. The smallest absolute Gasteiger partial charge is 0.261 e. The number of sulfonamides is 1. The Hall–Kier alpha value is -3.73. The van der Waals surface area contributed by atoms with Gasteiger partial charge in [-0.3, -0.25) is 14.3 Å². The Bertz CT molecular complexity index is 1490. The van der Waals surface area contributed by atoms with Crippen LogP contribution in [0.2, 0.25) is 0 Å². The van der Waals surface area contributed by atoms with Crippen molar-refractivity contribution >= 4 is 38.3 Å². The van der Waals surface area contributed by atoms with Crippen molar-refractivity contribution in [3.05, 3.63) is 46.9 Å². The number of nitrogens with one attached hydrogen (secondary N) is 2. The molecule has 37 heavy (non-hydrogen) atoms. The summed E-state index contributed by atoms with van der Waals surface area (Å²) in [5.74, 6) is 0.173. The Morgan fingerprint density at radius 2 is 1.92 bits per heavy atom. The largest absolute Gasteiger partial charge is 0.375 e. The van der Waals surface area contributed by atoms with Gasteiger partial charge in [0.25, 0.3) is 5.56 Å². The maximum atomic E-state index is 12.9. The van der Waals surface area contributed by atoms with Gasteiger partial charge in [-0.2, -0.15) is 10.4 Å². The average Bonchev–Trinajstić information content (AvgIpc) is 3.25. The van der Waals surface area contributed by atoms with Crippen molar-refractivity contribution in [3.63, 3.8) is 0 Å². The minimum atomic E-state index is -3.58. The van der Waals surface area contributed by atoms with Crippen LogP contribution in [-0.2, 0) is 25.1 Å². The molecule has 1 amide bonds. The maximum absolute atomic E-state index is 12.9. The molecule has 1 aliphatic rings. The Morgan fingerprint density at radius 1 is 1.24 bits per heavy atom. The lowest BCUT2D eigenvalue weighted by atomic mass is 9.84. The molecule has 0 unspecified atom stereocenters. The number of ether oxygens (including phenoxy) is 1. The number of pyridine rings is 1. The van der Waals surface area contributed by atoms with E-state index in [1.165, 1.54) is 39.5 Å². The fourth-order valence-electron chi connectivity index (χ4n) is 4.58. The van der Waals surface area contributed by atoms with Gasteiger partial charge in [-0.25, -0.2) is 12.7 Å². The molecule has 0 atom stereocenters. The van der Waals surface area contributed by atoms with Crippen LogP contribution in [0.25, 0.3) is 10.9 Å². The first-order valence-electron chi connectivity index (χ1n) is 11.7. The average molecular weight is 528 g/mol. The van der Waals surface area contributed by atoms with Gasteiger partial charge in [-0.1, -0.05) is 0 Å². The quantitative estimate of drug-likeness (QED) is 0.448. The van der Waals surface area contributed by atoms with Crippen LogP contribution >= 0.6 is 0 Å². The number of methoxy groups -OCH3 is 1. The first-order valence-corrected chi connectivity index (χ1v) is 13.1. The SMILES string of the molecule is COCC(=O)N1CCC(CC#N)(n2nc(Nc3ccc(S(=O)(=O)N(C)C)cc3)c3c(=O)[nH]ccc32)CC1. The number of benzene rings is 1. The zero-order valence-corrected chi connectivity index (χ0v) is 21.7. The van der Waals surface area contributed by atoms with Gasteiger partial charge in [0.05, 0.1) is 28.4 Å². The first kappa shape index (κ1) is 26.3. The number of hydrogen-bond acceptors (Lipinski definition) is 8. The summed E-state index contributed by atoms with van der Waals surface area (Å²) in [6.07, 6.45) is 2.65. The predicted molar refractivity (Wildman–Crippen MR) is 137 cm³/mol. The highest BCUT2D eigenvalue weighted by atomic mass is 32.2. The van der Waals surface area contributed by atoms with Crippen molar-refractivity contribution in [2.75, 3.05) is 46.2 Å². The molecule has 0 aliphatic carbocycles. The maximum Gasteiger partial charge on any atom is 0.261 e. The summed E-state index contributed by atoms with van der Waals surface area (Å²) in [4.78, 5) is 29.7. The first-order chi connectivity index (χ1) is 17.6. The number of nitrogens with zero attached hydrogens (tertiary/aromatic N) is 5. The number of H-pyrrole nitrogens is 1. The lowest BCUT2D eigenvalue weighted by Crippen LogP contribution is -2.49. The van der Waals surface area contributed by atoms with Gasteiger partial charge in [0, 0.05) is 46.2 Å². The number of carbonyl (C=O) groups is 1. The minimum absolute atomic E-state index is 0.00592. The van der Waals surface area contributed by atoms with E-state index in [-0.39, 0.29) is 35.2 Å².